The van der Waals surface area contributed by atoms with Gasteiger partial charge in [-0.1, -0.05) is 0 Å². The topological polar surface area (TPSA) is 61.7 Å². The molecule has 1 N–H and O–H groups in total. The van der Waals surface area contributed by atoms with Gasteiger partial charge in [0.2, 0.25) is 0 Å². The molecule has 0 unspecified atom stereocenters. The second-order valence-electron chi connectivity index (χ2n) is 5.04. The maximum atomic E-state index is 12.1. The first-order valence-corrected chi connectivity index (χ1v) is 6.71. The molecule has 1 fully saturated rings. The Kier molecular flexibility index (Phi) is 4.68. The first-order chi connectivity index (χ1) is 9.60. The molecule has 1 aromatic carbocycles. The molecule has 108 valence electrons. The minimum Gasteiger partial charge on any atom is -0.349 e. The summed E-state index contributed by atoms with van der Waals surface area (Å²) in [7, 11) is 3.38. The molecule has 2 rings (SSSR count). The van der Waals surface area contributed by atoms with Crippen molar-refractivity contribution in [2.24, 2.45) is 0 Å². The normalized spacial score (nSPS) is 16.7. The second kappa shape index (κ2) is 6.47. The predicted molar refractivity (Wildman–Crippen MR) is 74.7 cm³/mol. The Morgan fingerprint density at radius 2 is 1.90 bits per heavy atom. The fourth-order valence-corrected chi connectivity index (χ4v) is 2.26. The lowest BCUT2D eigenvalue weighted by Crippen LogP contribution is -2.43. The molecule has 0 atom stereocenters. The Hall–Kier alpha value is -1.95. The molecule has 1 aliphatic heterocycles. The van der Waals surface area contributed by atoms with Crippen molar-refractivity contribution < 1.29 is 14.6 Å². The van der Waals surface area contributed by atoms with Crippen molar-refractivity contribution in [3.63, 3.8) is 0 Å². The van der Waals surface area contributed by atoms with Crippen molar-refractivity contribution >= 4 is 11.6 Å². The molecule has 20 heavy (non-hydrogen) atoms. The van der Waals surface area contributed by atoms with Crippen LogP contribution in [0.5, 0.6) is 0 Å². The molecule has 0 bridgehead atoms. The van der Waals surface area contributed by atoms with Gasteiger partial charge in [0.1, 0.15) is 0 Å². The first-order valence-electron chi connectivity index (χ1n) is 6.71. The third-order valence-electron chi connectivity index (χ3n) is 3.56. The molecule has 1 aromatic rings. The fraction of sp³-hybridized carbons (Fsp3) is 0.500. The zero-order chi connectivity index (χ0) is 14.5. The number of hydrogen-bond acceptors (Lipinski definition) is 4. The summed E-state index contributed by atoms with van der Waals surface area (Å²) in [4.78, 5) is 30.5. The van der Waals surface area contributed by atoms with Gasteiger partial charge in [-0.05, 0) is 45.1 Å². The molecule has 6 nitrogen and oxygen atoms in total. The van der Waals surface area contributed by atoms with Crippen LogP contribution in [-0.2, 0) is 4.84 Å². The maximum absolute atomic E-state index is 12.1. The lowest BCUT2D eigenvalue weighted by molar-refractivity contribution is -0.736. The fourth-order valence-electron chi connectivity index (χ4n) is 2.26. The Bertz CT molecular complexity index is 479. The number of rotatable bonds is 4. The van der Waals surface area contributed by atoms with Crippen LogP contribution in [0.25, 0.3) is 0 Å². The molecule has 0 saturated carbocycles. The molecule has 0 aliphatic carbocycles. The molecule has 1 aliphatic rings. The quantitative estimate of drug-likeness (QED) is 0.848. The number of carbonyl (C=O) groups excluding carboxylic acids is 1. The van der Waals surface area contributed by atoms with Gasteiger partial charge < -0.3 is 10.2 Å². The van der Waals surface area contributed by atoms with Gasteiger partial charge in [-0.25, -0.2) is 4.84 Å². The van der Waals surface area contributed by atoms with Crippen LogP contribution in [0, 0.1) is 4.91 Å². The Morgan fingerprint density at radius 3 is 2.45 bits per heavy atom. The van der Waals surface area contributed by atoms with Crippen molar-refractivity contribution in [2.75, 3.05) is 27.2 Å². The standard InChI is InChI=1S/C14H19N3O3/c1-16-9-7-12(8-10-16)15-14(18)11-3-5-13(6-4-11)17(19)20-2/h3-6,12H,7-10H2,1-2H3/p+1. The van der Waals surface area contributed by atoms with Gasteiger partial charge in [0.05, 0.1) is 4.91 Å². The highest BCUT2D eigenvalue weighted by molar-refractivity contribution is 5.94. The zero-order valence-corrected chi connectivity index (χ0v) is 11.8. The third-order valence-corrected chi connectivity index (χ3v) is 3.56. The van der Waals surface area contributed by atoms with E-state index < -0.39 is 0 Å². The van der Waals surface area contributed by atoms with E-state index in [-0.39, 0.29) is 11.9 Å². The van der Waals surface area contributed by atoms with Crippen LogP contribution in [-0.4, -0.2) is 49.0 Å². The summed E-state index contributed by atoms with van der Waals surface area (Å²) in [6.07, 6.45) is 1.94. The summed E-state index contributed by atoms with van der Waals surface area (Å²) in [5.74, 6) is -0.0963. The highest BCUT2D eigenvalue weighted by Crippen LogP contribution is 2.14. The lowest BCUT2D eigenvalue weighted by atomic mass is 10.0. The van der Waals surface area contributed by atoms with Crippen molar-refractivity contribution in [2.45, 2.75) is 18.9 Å². The van der Waals surface area contributed by atoms with Gasteiger partial charge >= 0.3 is 5.69 Å². The average molecular weight is 278 g/mol. The van der Waals surface area contributed by atoms with Gasteiger partial charge in [-0.15, -0.1) is 0 Å². The molecule has 0 radical (unpaired) electrons. The van der Waals surface area contributed by atoms with Gasteiger partial charge in [0, 0.05) is 23.7 Å². The van der Waals surface area contributed by atoms with Crippen LogP contribution >= 0.6 is 0 Å². The van der Waals surface area contributed by atoms with Gasteiger partial charge in [0.25, 0.3) is 10.8 Å². The number of piperidine rings is 1. The van der Waals surface area contributed by atoms with E-state index in [0.717, 1.165) is 25.9 Å². The maximum Gasteiger partial charge on any atom is 0.316 e. The van der Waals surface area contributed by atoms with E-state index in [0.29, 0.717) is 16.2 Å². The van der Waals surface area contributed by atoms with E-state index in [4.69, 9.17) is 0 Å². The Morgan fingerprint density at radius 1 is 1.30 bits per heavy atom. The lowest BCUT2D eigenvalue weighted by Gasteiger charge is -2.29. The van der Waals surface area contributed by atoms with Crippen molar-refractivity contribution in [1.29, 1.82) is 0 Å². The summed E-state index contributed by atoms with van der Waals surface area (Å²) in [6.45, 7) is 2.01. The average Bonchev–Trinajstić information content (AvgIpc) is 2.49. The molecular weight excluding hydrogens is 258 g/mol. The first kappa shape index (κ1) is 14.5. The van der Waals surface area contributed by atoms with Crippen molar-refractivity contribution in [3.05, 3.63) is 34.7 Å². The van der Waals surface area contributed by atoms with Crippen LogP contribution in [0.15, 0.2) is 24.3 Å². The predicted octanol–water partition coefficient (Wildman–Crippen LogP) is 1.48. The van der Waals surface area contributed by atoms with E-state index in [1.165, 1.54) is 7.11 Å². The summed E-state index contributed by atoms with van der Waals surface area (Å²) >= 11 is 0. The van der Waals surface area contributed by atoms with Gasteiger partial charge in [0.15, 0.2) is 7.11 Å². The molecule has 1 saturated heterocycles. The molecule has 6 heteroatoms. The smallest absolute Gasteiger partial charge is 0.316 e. The van der Waals surface area contributed by atoms with E-state index >= 15 is 0 Å². The number of hydrogen-bond donors (Lipinski definition) is 1. The number of likely N-dealkylation sites (tertiary alicyclic amines) is 1. The van der Waals surface area contributed by atoms with Gasteiger partial charge in [-0.3, -0.25) is 4.79 Å². The van der Waals surface area contributed by atoms with Crippen molar-refractivity contribution in [1.82, 2.24) is 10.2 Å². The summed E-state index contributed by atoms with van der Waals surface area (Å²) < 4.78 is 0. The number of nitrogens with one attached hydrogen (secondary N) is 1. The monoisotopic (exact) mass is 278 g/mol. The molecule has 1 heterocycles. The Labute approximate surface area is 118 Å². The number of amides is 1. The van der Waals surface area contributed by atoms with Crippen LogP contribution in [0.1, 0.15) is 23.2 Å². The molecule has 1 amide bonds. The summed E-state index contributed by atoms with van der Waals surface area (Å²) in [5.41, 5.74) is 0.917. The summed E-state index contributed by atoms with van der Waals surface area (Å²) in [6, 6.07) is 6.63. The SMILES string of the molecule is CO[N+](=O)c1ccc(C(=O)NC2CCN(C)CC2)cc1. The van der Waals surface area contributed by atoms with Crippen LogP contribution < -0.4 is 5.32 Å². The second-order valence-corrected chi connectivity index (χ2v) is 5.04. The number of carbonyl (C=O) groups is 1. The van der Waals surface area contributed by atoms with E-state index in [1.807, 2.05) is 0 Å². The number of benzene rings is 1. The largest absolute Gasteiger partial charge is 0.349 e. The van der Waals surface area contributed by atoms with Crippen LogP contribution in [0.2, 0.25) is 0 Å². The molecule has 0 spiro atoms. The van der Waals surface area contributed by atoms with Crippen LogP contribution in [0.3, 0.4) is 0 Å². The van der Waals surface area contributed by atoms with E-state index in [1.54, 1.807) is 24.3 Å². The highest BCUT2D eigenvalue weighted by Gasteiger charge is 2.20. The molecular formula is C14H20N3O3+. The van der Waals surface area contributed by atoms with Crippen molar-refractivity contribution in [3.8, 4) is 0 Å². The minimum atomic E-state index is -0.0963. The summed E-state index contributed by atoms with van der Waals surface area (Å²) in [5, 5.41) is 3.03. The van der Waals surface area contributed by atoms with Gasteiger partial charge in [-0.2, -0.15) is 0 Å². The number of nitrogens with zero attached hydrogens (tertiary/aromatic N) is 2. The third kappa shape index (κ3) is 3.54. The highest BCUT2D eigenvalue weighted by atomic mass is 16.8. The zero-order valence-electron chi connectivity index (χ0n) is 11.8. The van der Waals surface area contributed by atoms with E-state index in [9.17, 15) is 9.70 Å². The molecule has 0 aromatic heterocycles. The van der Waals surface area contributed by atoms with E-state index in [2.05, 4.69) is 22.1 Å². The Balaban J connectivity index is 1.94. The van der Waals surface area contributed by atoms with Crippen LogP contribution in [0.4, 0.5) is 5.69 Å². The minimum absolute atomic E-state index is 0.0963.